The van der Waals surface area contributed by atoms with Crippen molar-refractivity contribution < 1.29 is 8.42 Å². The Hall–Kier alpha value is -0.0900. The highest BCUT2D eigenvalue weighted by Crippen LogP contribution is 2.30. The fourth-order valence-electron chi connectivity index (χ4n) is 1.06. The molecule has 4 heteroatoms. The van der Waals surface area contributed by atoms with E-state index in [1.807, 2.05) is 0 Å². The first-order valence-corrected chi connectivity index (χ1v) is 5.53. The predicted octanol–water partition coefficient (Wildman–Crippen LogP) is 0.301. The fourth-order valence-corrected chi connectivity index (χ4v) is 3.19. The molecule has 0 aromatic heterocycles. The van der Waals surface area contributed by atoms with Crippen molar-refractivity contribution in [1.29, 1.82) is 0 Å². The molecule has 1 aliphatic rings. The first-order chi connectivity index (χ1) is 4.81. The van der Waals surface area contributed by atoms with Gasteiger partial charge in [0.25, 0.3) is 0 Å². The fraction of sp³-hybridized carbons (Fsp3) is 1.00. The SMILES string of the molecule is CC(C)(N)CS(=O)(=O)C1CC1. The van der Waals surface area contributed by atoms with Crippen LogP contribution in [0.25, 0.3) is 0 Å². The third-order valence-electron chi connectivity index (χ3n) is 1.61. The molecule has 11 heavy (non-hydrogen) atoms. The lowest BCUT2D eigenvalue weighted by molar-refractivity contribution is 0.543. The van der Waals surface area contributed by atoms with E-state index in [0.717, 1.165) is 12.8 Å². The van der Waals surface area contributed by atoms with Crippen LogP contribution >= 0.6 is 0 Å². The van der Waals surface area contributed by atoms with E-state index >= 15 is 0 Å². The Kier molecular flexibility index (Phi) is 2.01. The van der Waals surface area contributed by atoms with Crippen molar-refractivity contribution in [2.75, 3.05) is 5.75 Å². The zero-order chi connectivity index (χ0) is 8.70. The van der Waals surface area contributed by atoms with Gasteiger partial charge in [-0.1, -0.05) is 0 Å². The van der Waals surface area contributed by atoms with Crippen molar-refractivity contribution in [3.63, 3.8) is 0 Å². The predicted molar refractivity (Wildman–Crippen MR) is 45.1 cm³/mol. The molecular weight excluding hydrogens is 162 g/mol. The Morgan fingerprint density at radius 2 is 1.91 bits per heavy atom. The maximum Gasteiger partial charge on any atom is 0.154 e. The molecule has 0 atom stereocenters. The molecule has 0 radical (unpaired) electrons. The van der Waals surface area contributed by atoms with Crippen LogP contribution in [0.3, 0.4) is 0 Å². The molecule has 0 unspecified atom stereocenters. The lowest BCUT2D eigenvalue weighted by atomic mass is 10.1. The molecule has 1 saturated carbocycles. The van der Waals surface area contributed by atoms with Crippen LogP contribution in [0, 0.1) is 0 Å². The zero-order valence-corrected chi connectivity index (χ0v) is 7.82. The van der Waals surface area contributed by atoms with Gasteiger partial charge in [-0.25, -0.2) is 8.42 Å². The van der Waals surface area contributed by atoms with E-state index in [1.165, 1.54) is 0 Å². The van der Waals surface area contributed by atoms with Crippen molar-refractivity contribution in [2.45, 2.75) is 37.5 Å². The Balaban J connectivity index is 2.60. The van der Waals surface area contributed by atoms with Crippen molar-refractivity contribution in [3.8, 4) is 0 Å². The summed E-state index contributed by atoms with van der Waals surface area (Å²) in [5, 5.41) is -0.0784. The largest absolute Gasteiger partial charge is 0.325 e. The second-order valence-electron chi connectivity index (χ2n) is 4.00. The summed E-state index contributed by atoms with van der Waals surface area (Å²) in [5.41, 5.74) is 5.03. The van der Waals surface area contributed by atoms with Crippen LogP contribution in [-0.4, -0.2) is 25.0 Å². The topological polar surface area (TPSA) is 60.2 Å². The van der Waals surface area contributed by atoms with Gasteiger partial charge in [-0.3, -0.25) is 0 Å². The molecule has 3 nitrogen and oxygen atoms in total. The summed E-state index contributed by atoms with van der Waals surface area (Å²) in [7, 11) is -2.87. The van der Waals surface area contributed by atoms with Gasteiger partial charge in [0, 0.05) is 5.54 Å². The monoisotopic (exact) mass is 177 g/mol. The molecule has 0 bridgehead atoms. The van der Waals surface area contributed by atoms with E-state index in [1.54, 1.807) is 13.8 Å². The van der Waals surface area contributed by atoms with Crippen LogP contribution in [0.2, 0.25) is 0 Å². The average molecular weight is 177 g/mol. The van der Waals surface area contributed by atoms with E-state index in [4.69, 9.17) is 5.73 Å². The molecular formula is C7H15NO2S. The summed E-state index contributed by atoms with van der Waals surface area (Å²) in [6, 6.07) is 0. The molecule has 1 aliphatic carbocycles. The van der Waals surface area contributed by atoms with Gasteiger partial charge in [-0.2, -0.15) is 0 Å². The minimum Gasteiger partial charge on any atom is -0.325 e. The van der Waals surface area contributed by atoms with Crippen molar-refractivity contribution >= 4 is 9.84 Å². The van der Waals surface area contributed by atoms with Gasteiger partial charge < -0.3 is 5.73 Å². The van der Waals surface area contributed by atoms with Crippen LogP contribution in [0.5, 0.6) is 0 Å². The lowest BCUT2D eigenvalue weighted by Crippen LogP contribution is -2.40. The molecule has 0 amide bonds. The summed E-state index contributed by atoms with van der Waals surface area (Å²) in [5.74, 6) is 0.116. The van der Waals surface area contributed by atoms with E-state index in [-0.39, 0.29) is 11.0 Å². The first-order valence-electron chi connectivity index (χ1n) is 3.82. The molecule has 0 aliphatic heterocycles. The minimum atomic E-state index is -2.87. The van der Waals surface area contributed by atoms with Crippen LogP contribution in [0.15, 0.2) is 0 Å². The molecule has 1 rings (SSSR count). The van der Waals surface area contributed by atoms with Crippen molar-refractivity contribution in [1.82, 2.24) is 0 Å². The van der Waals surface area contributed by atoms with E-state index in [0.29, 0.717) is 0 Å². The number of rotatable bonds is 3. The molecule has 0 heterocycles. The molecule has 0 aromatic rings. The third-order valence-corrected chi connectivity index (χ3v) is 4.24. The number of hydrogen-bond acceptors (Lipinski definition) is 3. The Morgan fingerprint density at radius 1 is 1.45 bits per heavy atom. The van der Waals surface area contributed by atoms with Crippen molar-refractivity contribution in [2.24, 2.45) is 5.73 Å². The Morgan fingerprint density at radius 3 is 2.18 bits per heavy atom. The van der Waals surface area contributed by atoms with Crippen LogP contribution in [0.4, 0.5) is 0 Å². The summed E-state index contributed by atoms with van der Waals surface area (Å²) in [4.78, 5) is 0. The molecule has 0 spiro atoms. The third kappa shape index (κ3) is 2.79. The lowest BCUT2D eigenvalue weighted by Gasteiger charge is -2.17. The van der Waals surface area contributed by atoms with Gasteiger partial charge in [0.2, 0.25) is 0 Å². The van der Waals surface area contributed by atoms with Gasteiger partial charge in [0.1, 0.15) is 0 Å². The number of hydrogen-bond donors (Lipinski definition) is 1. The number of nitrogens with two attached hydrogens (primary N) is 1. The molecule has 1 fully saturated rings. The highest BCUT2D eigenvalue weighted by molar-refractivity contribution is 7.92. The highest BCUT2D eigenvalue weighted by Gasteiger charge is 2.37. The molecule has 2 N–H and O–H groups in total. The summed E-state index contributed by atoms with van der Waals surface area (Å²) in [6.45, 7) is 3.49. The summed E-state index contributed by atoms with van der Waals surface area (Å²) >= 11 is 0. The van der Waals surface area contributed by atoms with Gasteiger partial charge in [-0.15, -0.1) is 0 Å². The second-order valence-corrected chi connectivity index (χ2v) is 6.28. The second kappa shape index (κ2) is 2.45. The van der Waals surface area contributed by atoms with E-state index < -0.39 is 15.4 Å². The van der Waals surface area contributed by atoms with Gasteiger partial charge in [0.05, 0.1) is 11.0 Å². The molecule has 66 valence electrons. The summed E-state index contributed by atoms with van der Waals surface area (Å²) < 4.78 is 22.7. The quantitative estimate of drug-likeness (QED) is 0.674. The number of sulfone groups is 1. The smallest absolute Gasteiger partial charge is 0.154 e. The van der Waals surface area contributed by atoms with Crippen LogP contribution < -0.4 is 5.73 Å². The standard InChI is InChI=1S/C7H15NO2S/c1-7(2,8)5-11(9,10)6-3-4-6/h6H,3-5,8H2,1-2H3. The minimum absolute atomic E-state index is 0.0784. The average Bonchev–Trinajstić information content (AvgIpc) is 2.30. The maximum atomic E-state index is 11.3. The molecule has 0 saturated heterocycles. The van der Waals surface area contributed by atoms with Crippen LogP contribution in [0.1, 0.15) is 26.7 Å². The Bertz CT molecular complexity index is 234. The van der Waals surface area contributed by atoms with Gasteiger partial charge >= 0.3 is 0 Å². The van der Waals surface area contributed by atoms with Gasteiger partial charge in [-0.05, 0) is 26.7 Å². The molecule has 0 aromatic carbocycles. The maximum absolute atomic E-state index is 11.3. The van der Waals surface area contributed by atoms with E-state index in [2.05, 4.69) is 0 Å². The highest BCUT2D eigenvalue weighted by atomic mass is 32.2. The van der Waals surface area contributed by atoms with E-state index in [9.17, 15) is 8.42 Å². The Labute approximate surface area is 67.9 Å². The summed E-state index contributed by atoms with van der Waals surface area (Å²) in [6.07, 6.45) is 1.66. The normalized spacial score (nSPS) is 20.3. The van der Waals surface area contributed by atoms with Crippen molar-refractivity contribution in [3.05, 3.63) is 0 Å². The van der Waals surface area contributed by atoms with Crippen LogP contribution in [-0.2, 0) is 9.84 Å². The van der Waals surface area contributed by atoms with Gasteiger partial charge in [0.15, 0.2) is 9.84 Å². The zero-order valence-electron chi connectivity index (χ0n) is 7.00. The first kappa shape index (κ1) is 9.00.